The molecule has 0 fully saturated rings. The van der Waals surface area contributed by atoms with Crippen molar-refractivity contribution in [2.75, 3.05) is 31.3 Å². The summed E-state index contributed by atoms with van der Waals surface area (Å²) in [6, 6.07) is 6.33. The second-order valence-electron chi connectivity index (χ2n) is 5.40. The number of hydrogen-bond acceptors (Lipinski definition) is 8. The van der Waals surface area contributed by atoms with Gasteiger partial charge in [0.05, 0.1) is 12.2 Å². The zero-order valence-electron chi connectivity index (χ0n) is 15.0. The number of anilines is 2. The average Bonchev–Trinajstić information content (AvgIpc) is 2.61. The van der Waals surface area contributed by atoms with Crippen LogP contribution in [0.1, 0.15) is 18.3 Å². The number of aromatic nitrogens is 3. The van der Waals surface area contributed by atoms with E-state index < -0.39 is 6.61 Å². The topological polar surface area (TPSA) is 110 Å². The molecule has 142 valence electrons. The molecule has 0 spiro atoms. The average molecular weight is 376 g/mol. The Balaban J connectivity index is 2.46. The van der Waals surface area contributed by atoms with E-state index in [2.05, 4.69) is 19.7 Å². The Hall–Kier alpha value is -3.48. The molecule has 0 aliphatic rings. The summed E-state index contributed by atoms with van der Waals surface area (Å²) in [6.07, 6.45) is 1.49. The van der Waals surface area contributed by atoms with Crippen molar-refractivity contribution in [2.45, 2.75) is 13.5 Å². The number of nitrogen functional groups attached to an aromatic ring is 1. The van der Waals surface area contributed by atoms with Crippen molar-refractivity contribution in [3.8, 4) is 17.6 Å². The Labute approximate surface area is 154 Å². The highest BCUT2D eigenvalue weighted by molar-refractivity contribution is 5.87. The summed E-state index contributed by atoms with van der Waals surface area (Å²) in [5, 5.41) is 9.48. The van der Waals surface area contributed by atoms with E-state index in [4.69, 9.17) is 10.5 Å². The van der Waals surface area contributed by atoms with E-state index in [9.17, 15) is 14.0 Å². The lowest BCUT2D eigenvalue weighted by Crippen LogP contribution is -2.15. The van der Waals surface area contributed by atoms with Gasteiger partial charge < -0.3 is 20.1 Å². The standard InChI is InChI=1S/C17H18F2N6O2/c1-4-26-13-8-10(5-6-12(13)27-15(18)19)7-11(9-20)14-22-16(21)24-17(23-14)25(2)3/h5-8,15H,4H2,1-3H3,(H2,21,22,23,24)/b11-7+. The van der Waals surface area contributed by atoms with Crippen LogP contribution in [0.3, 0.4) is 0 Å². The molecular formula is C17H18F2N6O2. The molecule has 2 rings (SSSR count). The van der Waals surface area contributed by atoms with Gasteiger partial charge in [-0.25, -0.2) is 0 Å². The molecular weight excluding hydrogens is 358 g/mol. The zero-order chi connectivity index (χ0) is 20.0. The van der Waals surface area contributed by atoms with Gasteiger partial charge in [0.1, 0.15) is 6.07 Å². The van der Waals surface area contributed by atoms with E-state index in [1.54, 1.807) is 25.9 Å². The summed E-state index contributed by atoms with van der Waals surface area (Å²) in [5.74, 6) is 0.407. The fourth-order valence-electron chi connectivity index (χ4n) is 2.09. The monoisotopic (exact) mass is 376 g/mol. The molecule has 2 N–H and O–H groups in total. The number of nitriles is 1. The van der Waals surface area contributed by atoms with Gasteiger partial charge in [-0.05, 0) is 30.7 Å². The largest absolute Gasteiger partial charge is 0.490 e. The predicted octanol–water partition coefficient (Wildman–Crippen LogP) is 2.58. The van der Waals surface area contributed by atoms with Crippen LogP contribution in [0.5, 0.6) is 11.5 Å². The highest BCUT2D eigenvalue weighted by atomic mass is 19.3. The highest BCUT2D eigenvalue weighted by Gasteiger charge is 2.14. The van der Waals surface area contributed by atoms with Gasteiger partial charge in [0.25, 0.3) is 0 Å². The van der Waals surface area contributed by atoms with E-state index in [0.29, 0.717) is 11.5 Å². The predicted molar refractivity (Wildman–Crippen MR) is 96.3 cm³/mol. The van der Waals surface area contributed by atoms with Crippen LogP contribution in [0.25, 0.3) is 11.6 Å². The van der Waals surface area contributed by atoms with Crippen LogP contribution >= 0.6 is 0 Å². The van der Waals surface area contributed by atoms with E-state index in [1.807, 2.05) is 6.07 Å². The molecule has 0 bridgehead atoms. The normalized spacial score (nSPS) is 11.2. The van der Waals surface area contributed by atoms with E-state index >= 15 is 0 Å². The summed E-state index contributed by atoms with van der Waals surface area (Å²) < 4.78 is 34.8. The van der Waals surface area contributed by atoms with Crippen molar-refractivity contribution >= 4 is 23.5 Å². The highest BCUT2D eigenvalue weighted by Crippen LogP contribution is 2.31. The summed E-state index contributed by atoms with van der Waals surface area (Å²) in [6.45, 7) is -1.00. The Morgan fingerprint density at radius 2 is 2.04 bits per heavy atom. The molecule has 0 radical (unpaired) electrons. The van der Waals surface area contributed by atoms with Gasteiger partial charge in [-0.2, -0.15) is 29.0 Å². The van der Waals surface area contributed by atoms with Crippen LogP contribution < -0.4 is 20.1 Å². The molecule has 0 saturated heterocycles. The minimum absolute atomic E-state index is 0.0273. The molecule has 1 aromatic carbocycles. The number of hydrogen-bond donors (Lipinski definition) is 1. The van der Waals surface area contributed by atoms with Gasteiger partial charge in [0.2, 0.25) is 11.9 Å². The van der Waals surface area contributed by atoms with Gasteiger partial charge in [0.15, 0.2) is 17.3 Å². The van der Waals surface area contributed by atoms with Crippen molar-refractivity contribution < 1.29 is 18.3 Å². The lowest BCUT2D eigenvalue weighted by Gasteiger charge is -2.12. The molecule has 0 unspecified atom stereocenters. The number of ether oxygens (including phenoxy) is 2. The summed E-state index contributed by atoms with van der Waals surface area (Å²) in [5.41, 5.74) is 6.32. The number of nitrogens with zero attached hydrogens (tertiary/aromatic N) is 5. The Morgan fingerprint density at radius 1 is 1.30 bits per heavy atom. The van der Waals surface area contributed by atoms with Gasteiger partial charge in [-0.15, -0.1) is 0 Å². The van der Waals surface area contributed by atoms with Gasteiger partial charge in [-0.3, -0.25) is 0 Å². The van der Waals surface area contributed by atoms with Crippen LogP contribution in [0.4, 0.5) is 20.7 Å². The van der Waals surface area contributed by atoms with Crippen LogP contribution in [0, 0.1) is 11.3 Å². The van der Waals surface area contributed by atoms with Crippen molar-refractivity contribution in [2.24, 2.45) is 0 Å². The molecule has 1 heterocycles. The minimum atomic E-state index is -2.97. The fourth-order valence-corrected chi connectivity index (χ4v) is 2.09. The van der Waals surface area contributed by atoms with Crippen molar-refractivity contribution in [3.63, 3.8) is 0 Å². The number of rotatable bonds is 7. The van der Waals surface area contributed by atoms with Crippen LogP contribution in [-0.2, 0) is 0 Å². The van der Waals surface area contributed by atoms with E-state index in [-0.39, 0.29) is 35.5 Å². The first-order valence-corrected chi connectivity index (χ1v) is 7.86. The second kappa shape index (κ2) is 8.75. The molecule has 27 heavy (non-hydrogen) atoms. The van der Waals surface area contributed by atoms with Crippen LogP contribution in [0.2, 0.25) is 0 Å². The number of halogens is 2. The van der Waals surface area contributed by atoms with Crippen molar-refractivity contribution in [3.05, 3.63) is 29.6 Å². The molecule has 0 atom stereocenters. The van der Waals surface area contributed by atoms with Crippen LogP contribution in [-0.4, -0.2) is 42.3 Å². The first-order valence-electron chi connectivity index (χ1n) is 7.86. The van der Waals surface area contributed by atoms with Crippen LogP contribution in [0.15, 0.2) is 18.2 Å². The number of allylic oxidation sites excluding steroid dienone is 1. The number of alkyl halides is 2. The molecule has 0 saturated carbocycles. The fraction of sp³-hybridized carbons (Fsp3) is 0.294. The summed E-state index contributed by atoms with van der Waals surface area (Å²) >= 11 is 0. The number of nitrogens with two attached hydrogens (primary N) is 1. The lowest BCUT2D eigenvalue weighted by molar-refractivity contribution is -0.0514. The smallest absolute Gasteiger partial charge is 0.387 e. The molecule has 0 aliphatic heterocycles. The minimum Gasteiger partial charge on any atom is -0.490 e. The Kier molecular flexibility index (Phi) is 6.43. The van der Waals surface area contributed by atoms with E-state index in [1.165, 1.54) is 24.3 Å². The molecule has 0 aliphatic carbocycles. The lowest BCUT2D eigenvalue weighted by atomic mass is 10.1. The molecule has 8 nitrogen and oxygen atoms in total. The third kappa shape index (κ3) is 5.24. The molecule has 0 amide bonds. The summed E-state index contributed by atoms with van der Waals surface area (Å²) in [4.78, 5) is 13.8. The third-order valence-corrected chi connectivity index (χ3v) is 3.20. The summed E-state index contributed by atoms with van der Waals surface area (Å²) in [7, 11) is 3.45. The quantitative estimate of drug-likeness (QED) is 0.734. The van der Waals surface area contributed by atoms with E-state index in [0.717, 1.165) is 0 Å². The molecule has 1 aromatic heterocycles. The Bertz CT molecular complexity index is 880. The maximum Gasteiger partial charge on any atom is 0.387 e. The first-order chi connectivity index (χ1) is 12.8. The zero-order valence-corrected chi connectivity index (χ0v) is 15.0. The third-order valence-electron chi connectivity index (χ3n) is 3.20. The SMILES string of the molecule is CCOc1cc(/C=C(\C#N)c2nc(N)nc(N(C)C)n2)ccc1OC(F)F. The first kappa shape index (κ1) is 19.8. The van der Waals surface area contributed by atoms with Gasteiger partial charge in [-0.1, -0.05) is 6.07 Å². The van der Waals surface area contributed by atoms with Gasteiger partial charge >= 0.3 is 6.61 Å². The maximum absolute atomic E-state index is 12.5. The molecule has 2 aromatic rings. The second-order valence-corrected chi connectivity index (χ2v) is 5.40. The number of benzene rings is 1. The van der Waals surface area contributed by atoms with Crippen molar-refractivity contribution in [1.82, 2.24) is 15.0 Å². The Morgan fingerprint density at radius 3 is 2.63 bits per heavy atom. The van der Waals surface area contributed by atoms with Gasteiger partial charge in [0, 0.05) is 14.1 Å². The van der Waals surface area contributed by atoms with Crippen molar-refractivity contribution in [1.29, 1.82) is 5.26 Å². The molecule has 10 heteroatoms. The maximum atomic E-state index is 12.5.